The van der Waals surface area contributed by atoms with Crippen molar-refractivity contribution < 1.29 is 9.18 Å². The fourth-order valence-corrected chi connectivity index (χ4v) is 1.66. The molecule has 1 amide bonds. The number of aromatic nitrogens is 1. The minimum atomic E-state index is -2.01. The first-order valence-electron chi connectivity index (χ1n) is 3.50. The maximum Gasteiger partial charge on any atom is 0.278 e. The molecule has 1 heterocycles. The number of anilines is 1. The van der Waals surface area contributed by atoms with Crippen molar-refractivity contribution in [3.05, 3.63) is 11.1 Å². The van der Waals surface area contributed by atoms with Crippen molar-refractivity contribution in [2.45, 2.75) is 12.6 Å². The predicted octanol–water partition coefficient (Wildman–Crippen LogP) is 1.95. The summed E-state index contributed by atoms with van der Waals surface area (Å²) in [5.74, 6) is -0.795. The second-order valence-electron chi connectivity index (χ2n) is 2.47. The average Bonchev–Trinajstić information content (AvgIpc) is 2.49. The molecule has 1 aromatic heterocycles. The van der Waals surface area contributed by atoms with E-state index in [9.17, 15) is 9.18 Å². The van der Waals surface area contributed by atoms with Crippen molar-refractivity contribution in [3.63, 3.8) is 0 Å². The van der Waals surface area contributed by atoms with Crippen LogP contribution in [0.3, 0.4) is 0 Å². The first-order chi connectivity index (χ1) is 6.02. The van der Waals surface area contributed by atoms with Crippen molar-refractivity contribution >= 4 is 34.0 Å². The Kier molecular flexibility index (Phi) is 3.22. The normalized spacial score (nSPS) is 12.6. The van der Waals surface area contributed by atoms with E-state index in [2.05, 4.69) is 4.98 Å². The lowest BCUT2D eigenvalue weighted by molar-refractivity contribution is -0.120. The van der Waals surface area contributed by atoms with E-state index in [0.29, 0.717) is 5.13 Å². The molecule has 0 bridgehead atoms. The second-order valence-corrected chi connectivity index (χ2v) is 3.69. The molecule has 0 aliphatic rings. The number of halogens is 2. The molecule has 0 saturated carbocycles. The minimum absolute atomic E-state index is 0.450. The zero-order valence-electron chi connectivity index (χ0n) is 7.12. The molecule has 1 unspecified atom stereocenters. The fraction of sp³-hybridized carbons (Fsp3) is 0.429. The smallest absolute Gasteiger partial charge is 0.278 e. The predicted molar refractivity (Wildman–Crippen MR) is 51.0 cm³/mol. The number of hydrogen-bond donors (Lipinski definition) is 0. The number of aryl methyl sites for hydroxylation is 1. The summed E-state index contributed by atoms with van der Waals surface area (Å²) in [5.41, 5.74) is -1.21. The highest BCUT2D eigenvalue weighted by molar-refractivity contribution is 7.14. The van der Waals surface area contributed by atoms with E-state index < -0.39 is 11.5 Å². The SMILES string of the molecule is Cc1csc(N(C)C(=O)C(F)Cl)n1. The summed E-state index contributed by atoms with van der Waals surface area (Å²) < 4.78 is 12.4. The number of nitrogens with zero attached hydrogens (tertiary/aromatic N) is 2. The van der Waals surface area contributed by atoms with Crippen LogP contribution in [0.5, 0.6) is 0 Å². The van der Waals surface area contributed by atoms with Crippen LogP contribution in [0.15, 0.2) is 5.38 Å². The second kappa shape index (κ2) is 4.02. The Labute approximate surface area is 84.1 Å². The molecule has 1 aromatic rings. The molecule has 1 rings (SSSR count). The van der Waals surface area contributed by atoms with Gasteiger partial charge in [-0.3, -0.25) is 9.69 Å². The van der Waals surface area contributed by atoms with Crippen LogP contribution in [0.1, 0.15) is 5.69 Å². The Morgan fingerprint density at radius 1 is 1.85 bits per heavy atom. The van der Waals surface area contributed by atoms with Gasteiger partial charge in [-0.05, 0) is 6.92 Å². The summed E-state index contributed by atoms with van der Waals surface area (Å²) in [6.07, 6.45) is 0. The van der Waals surface area contributed by atoms with Gasteiger partial charge in [0.25, 0.3) is 11.5 Å². The van der Waals surface area contributed by atoms with Gasteiger partial charge in [-0.1, -0.05) is 11.6 Å². The standard InChI is InChI=1S/C7H8ClFN2OS/c1-4-3-13-7(10-4)11(2)6(12)5(8)9/h3,5H,1-2H3. The number of alkyl halides is 2. The lowest BCUT2D eigenvalue weighted by atomic mass is 10.6. The third-order valence-electron chi connectivity index (χ3n) is 1.41. The summed E-state index contributed by atoms with van der Waals surface area (Å²) in [5, 5.41) is 2.23. The summed E-state index contributed by atoms with van der Waals surface area (Å²) in [6, 6.07) is 0. The van der Waals surface area contributed by atoms with Gasteiger partial charge < -0.3 is 0 Å². The summed E-state index contributed by atoms with van der Waals surface area (Å²) in [6.45, 7) is 1.80. The molecule has 0 saturated heterocycles. The van der Waals surface area contributed by atoms with Gasteiger partial charge in [0.1, 0.15) is 0 Å². The molecule has 0 aromatic carbocycles. The van der Waals surface area contributed by atoms with E-state index in [4.69, 9.17) is 11.6 Å². The maximum absolute atomic E-state index is 12.4. The zero-order chi connectivity index (χ0) is 10.0. The quantitative estimate of drug-likeness (QED) is 0.717. The van der Waals surface area contributed by atoms with Gasteiger partial charge in [-0.25, -0.2) is 9.37 Å². The van der Waals surface area contributed by atoms with E-state index in [1.54, 1.807) is 12.3 Å². The molecule has 0 radical (unpaired) electrons. The zero-order valence-corrected chi connectivity index (χ0v) is 8.69. The Morgan fingerprint density at radius 2 is 2.46 bits per heavy atom. The first kappa shape index (κ1) is 10.4. The number of carbonyl (C=O) groups excluding carboxylic acids is 1. The van der Waals surface area contributed by atoms with Crippen LogP contribution in [-0.2, 0) is 4.79 Å². The molecular weight excluding hydrogens is 215 g/mol. The van der Waals surface area contributed by atoms with Crippen LogP contribution in [-0.4, -0.2) is 23.6 Å². The van der Waals surface area contributed by atoms with Gasteiger partial charge in [0.05, 0.1) is 5.69 Å². The molecule has 1 atom stereocenters. The van der Waals surface area contributed by atoms with Crippen LogP contribution in [0.2, 0.25) is 0 Å². The summed E-state index contributed by atoms with van der Waals surface area (Å²) >= 11 is 6.27. The van der Waals surface area contributed by atoms with Crippen LogP contribution in [0, 0.1) is 6.92 Å². The minimum Gasteiger partial charge on any atom is -0.288 e. The number of amides is 1. The Balaban J connectivity index is 2.79. The highest BCUT2D eigenvalue weighted by Crippen LogP contribution is 2.20. The van der Waals surface area contributed by atoms with Gasteiger partial charge in [-0.2, -0.15) is 0 Å². The summed E-state index contributed by atoms with van der Waals surface area (Å²) in [7, 11) is 1.44. The van der Waals surface area contributed by atoms with E-state index in [1.165, 1.54) is 18.4 Å². The molecule has 0 aliphatic heterocycles. The van der Waals surface area contributed by atoms with E-state index in [0.717, 1.165) is 10.6 Å². The molecular formula is C7H8ClFN2OS. The monoisotopic (exact) mass is 222 g/mol. The summed E-state index contributed by atoms with van der Waals surface area (Å²) in [4.78, 5) is 16.2. The van der Waals surface area contributed by atoms with Gasteiger partial charge in [-0.15, -0.1) is 11.3 Å². The van der Waals surface area contributed by atoms with Crippen LogP contribution < -0.4 is 4.90 Å². The molecule has 0 N–H and O–H groups in total. The molecule has 0 spiro atoms. The number of carbonyl (C=O) groups is 1. The van der Waals surface area contributed by atoms with Gasteiger partial charge in [0.15, 0.2) is 5.13 Å². The molecule has 6 heteroatoms. The van der Waals surface area contributed by atoms with Crippen molar-refractivity contribution in [3.8, 4) is 0 Å². The van der Waals surface area contributed by atoms with Crippen molar-refractivity contribution in [2.75, 3.05) is 11.9 Å². The van der Waals surface area contributed by atoms with Gasteiger partial charge in [0, 0.05) is 12.4 Å². The molecule has 0 fully saturated rings. The lowest BCUT2D eigenvalue weighted by Crippen LogP contribution is -2.31. The molecule has 72 valence electrons. The average molecular weight is 223 g/mol. The van der Waals surface area contributed by atoms with Gasteiger partial charge >= 0.3 is 0 Å². The van der Waals surface area contributed by atoms with Crippen molar-refractivity contribution in [1.82, 2.24) is 4.98 Å². The Morgan fingerprint density at radius 3 is 2.85 bits per heavy atom. The molecule has 13 heavy (non-hydrogen) atoms. The Bertz CT molecular complexity index is 315. The lowest BCUT2D eigenvalue weighted by Gasteiger charge is -2.12. The highest BCUT2D eigenvalue weighted by atomic mass is 35.5. The third-order valence-corrected chi connectivity index (χ3v) is 2.63. The van der Waals surface area contributed by atoms with E-state index in [-0.39, 0.29) is 0 Å². The number of thiazole rings is 1. The Hall–Kier alpha value is -0.680. The van der Waals surface area contributed by atoms with Crippen LogP contribution in [0.4, 0.5) is 9.52 Å². The maximum atomic E-state index is 12.4. The first-order valence-corrected chi connectivity index (χ1v) is 4.82. The number of rotatable bonds is 2. The van der Waals surface area contributed by atoms with Crippen molar-refractivity contribution in [2.24, 2.45) is 0 Å². The van der Waals surface area contributed by atoms with Crippen molar-refractivity contribution in [1.29, 1.82) is 0 Å². The van der Waals surface area contributed by atoms with Crippen LogP contribution in [0.25, 0.3) is 0 Å². The highest BCUT2D eigenvalue weighted by Gasteiger charge is 2.21. The van der Waals surface area contributed by atoms with E-state index >= 15 is 0 Å². The third kappa shape index (κ3) is 2.38. The largest absolute Gasteiger partial charge is 0.288 e. The fourth-order valence-electron chi connectivity index (χ4n) is 0.736. The molecule has 0 aliphatic carbocycles. The van der Waals surface area contributed by atoms with Gasteiger partial charge in [0.2, 0.25) is 0 Å². The topological polar surface area (TPSA) is 33.2 Å². The number of hydrogen-bond acceptors (Lipinski definition) is 3. The van der Waals surface area contributed by atoms with E-state index in [1.807, 2.05) is 0 Å². The molecule has 3 nitrogen and oxygen atoms in total. The van der Waals surface area contributed by atoms with Crippen LogP contribution >= 0.6 is 22.9 Å².